The molecule has 2 heterocycles. The van der Waals surface area contributed by atoms with Crippen LogP contribution in [0.3, 0.4) is 0 Å². The molecule has 1 aromatic heterocycles. The predicted molar refractivity (Wildman–Crippen MR) is 73.7 cm³/mol. The molecule has 132 valence electrons. The van der Waals surface area contributed by atoms with Gasteiger partial charge in [-0.25, -0.2) is 4.98 Å². The normalized spacial score (nSPS) is 18.3. The third-order valence-electron chi connectivity index (χ3n) is 3.20. The van der Waals surface area contributed by atoms with Crippen molar-refractivity contribution in [1.29, 1.82) is 0 Å². The number of hydrogen-bond acceptors (Lipinski definition) is 5. The Morgan fingerprint density at radius 1 is 1.42 bits per heavy atom. The first kappa shape index (κ1) is 18.0. The van der Waals surface area contributed by atoms with Gasteiger partial charge in [0.05, 0.1) is 24.7 Å². The molecule has 1 aromatic rings. The summed E-state index contributed by atoms with van der Waals surface area (Å²) in [5.74, 6) is -1.67. The summed E-state index contributed by atoms with van der Waals surface area (Å²) in [5, 5.41) is 8.76. The van der Waals surface area contributed by atoms with E-state index in [1.807, 2.05) is 0 Å². The fourth-order valence-electron chi connectivity index (χ4n) is 2.15. The summed E-state index contributed by atoms with van der Waals surface area (Å²) in [5.41, 5.74) is 0.172. The summed E-state index contributed by atoms with van der Waals surface area (Å²) in [4.78, 5) is 28.1. The molecule has 1 unspecified atom stereocenters. The van der Waals surface area contributed by atoms with Crippen molar-refractivity contribution in [2.75, 3.05) is 26.3 Å². The summed E-state index contributed by atoms with van der Waals surface area (Å²) in [6, 6.07) is 2.48. The molecular formula is C14H15F3N2O5. The molecule has 0 radical (unpaired) electrons. The highest BCUT2D eigenvalue weighted by Gasteiger charge is 2.29. The zero-order valence-electron chi connectivity index (χ0n) is 12.5. The van der Waals surface area contributed by atoms with E-state index < -0.39 is 30.8 Å². The van der Waals surface area contributed by atoms with Crippen molar-refractivity contribution >= 4 is 11.9 Å². The minimum atomic E-state index is -4.47. The molecule has 7 nitrogen and oxygen atoms in total. The second-order valence-electron chi connectivity index (χ2n) is 5.13. The molecule has 1 N–H and O–H groups in total. The maximum Gasteiger partial charge on any atom is 0.422 e. The van der Waals surface area contributed by atoms with E-state index in [0.29, 0.717) is 6.54 Å². The number of morpholine rings is 1. The molecule has 2 rings (SSSR count). The Labute approximate surface area is 135 Å². The number of halogens is 3. The number of carbonyl (C=O) groups is 2. The Morgan fingerprint density at radius 3 is 2.75 bits per heavy atom. The molecule has 1 saturated heterocycles. The molecule has 0 aromatic carbocycles. The van der Waals surface area contributed by atoms with Crippen molar-refractivity contribution in [3.05, 3.63) is 23.9 Å². The van der Waals surface area contributed by atoms with Gasteiger partial charge in [-0.2, -0.15) is 13.2 Å². The van der Waals surface area contributed by atoms with Crippen LogP contribution in [-0.4, -0.2) is 65.5 Å². The van der Waals surface area contributed by atoms with Crippen molar-refractivity contribution in [3.63, 3.8) is 0 Å². The Kier molecular flexibility index (Phi) is 5.60. The molecule has 24 heavy (non-hydrogen) atoms. The van der Waals surface area contributed by atoms with Crippen molar-refractivity contribution in [2.24, 2.45) is 0 Å². The van der Waals surface area contributed by atoms with Gasteiger partial charge in [-0.15, -0.1) is 0 Å². The van der Waals surface area contributed by atoms with Gasteiger partial charge in [0.25, 0.3) is 5.91 Å². The number of carboxylic acids is 1. The second-order valence-corrected chi connectivity index (χ2v) is 5.13. The van der Waals surface area contributed by atoms with Crippen LogP contribution in [0.25, 0.3) is 0 Å². The number of carboxylic acid groups (broad SMARTS) is 1. The van der Waals surface area contributed by atoms with Crippen LogP contribution in [0.2, 0.25) is 0 Å². The highest BCUT2D eigenvalue weighted by atomic mass is 19.4. The SMILES string of the molecule is O=C(O)CC1CN(C(=O)c2ccc(OCC(F)(F)F)nc2)CCO1. The number of pyridine rings is 1. The smallest absolute Gasteiger partial charge is 0.422 e. The van der Waals surface area contributed by atoms with Gasteiger partial charge >= 0.3 is 12.1 Å². The lowest BCUT2D eigenvalue weighted by atomic mass is 10.1. The summed E-state index contributed by atoms with van der Waals surface area (Å²) < 4.78 is 45.9. The number of ether oxygens (including phenoxy) is 2. The third kappa shape index (κ3) is 5.37. The maximum absolute atomic E-state index is 12.3. The highest BCUT2D eigenvalue weighted by Crippen LogP contribution is 2.18. The minimum absolute atomic E-state index is 0.122. The first-order chi connectivity index (χ1) is 11.2. The molecule has 1 amide bonds. The Hall–Kier alpha value is -2.36. The molecule has 0 spiro atoms. The maximum atomic E-state index is 12.3. The summed E-state index contributed by atoms with van der Waals surface area (Å²) in [6.45, 7) is -0.837. The van der Waals surface area contributed by atoms with Gasteiger partial charge in [0.15, 0.2) is 6.61 Å². The lowest BCUT2D eigenvalue weighted by molar-refractivity contribution is -0.154. The van der Waals surface area contributed by atoms with Gasteiger partial charge in [-0.1, -0.05) is 0 Å². The van der Waals surface area contributed by atoms with Crippen LogP contribution in [0.1, 0.15) is 16.8 Å². The number of alkyl halides is 3. The van der Waals surface area contributed by atoms with E-state index in [9.17, 15) is 22.8 Å². The van der Waals surface area contributed by atoms with Gasteiger partial charge in [0, 0.05) is 25.4 Å². The lowest BCUT2D eigenvalue weighted by Crippen LogP contribution is -2.46. The van der Waals surface area contributed by atoms with Crippen LogP contribution in [0.15, 0.2) is 18.3 Å². The van der Waals surface area contributed by atoms with Crippen molar-refractivity contribution in [2.45, 2.75) is 18.7 Å². The monoisotopic (exact) mass is 348 g/mol. The molecule has 0 aliphatic carbocycles. The van der Waals surface area contributed by atoms with E-state index in [0.717, 1.165) is 6.20 Å². The summed E-state index contributed by atoms with van der Waals surface area (Å²) >= 11 is 0. The van der Waals surface area contributed by atoms with Crippen LogP contribution in [-0.2, 0) is 9.53 Å². The van der Waals surface area contributed by atoms with Crippen LogP contribution in [0, 0.1) is 0 Å². The molecule has 1 atom stereocenters. The number of amides is 1. The average Bonchev–Trinajstić information content (AvgIpc) is 2.52. The Morgan fingerprint density at radius 2 is 2.17 bits per heavy atom. The third-order valence-corrected chi connectivity index (χ3v) is 3.20. The lowest BCUT2D eigenvalue weighted by Gasteiger charge is -2.32. The van der Waals surface area contributed by atoms with Crippen LogP contribution >= 0.6 is 0 Å². The first-order valence-corrected chi connectivity index (χ1v) is 7.03. The molecule has 0 saturated carbocycles. The van der Waals surface area contributed by atoms with E-state index >= 15 is 0 Å². The summed E-state index contributed by atoms with van der Waals surface area (Å²) in [7, 11) is 0. The zero-order chi connectivity index (χ0) is 17.7. The van der Waals surface area contributed by atoms with E-state index in [1.165, 1.54) is 17.0 Å². The number of aliphatic carboxylic acids is 1. The van der Waals surface area contributed by atoms with E-state index in [2.05, 4.69) is 9.72 Å². The fraction of sp³-hybridized carbons (Fsp3) is 0.500. The topological polar surface area (TPSA) is 89.0 Å². The largest absolute Gasteiger partial charge is 0.481 e. The fourth-order valence-corrected chi connectivity index (χ4v) is 2.15. The molecule has 1 fully saturated rings. The molecule has 1 aliphatic rings. The van der Waals surface area contributed by atoms with Crippen LogP contribution < -0.4 is 4.74 Å². The van der Waals surface area contributed by atoms with Gasteiger partial charge < -0.3 is 19.5 Å². The van der Waals surface area contributed by atoms with E-state index in [-0.39, 0.29) is 31.0 Å². The second kappa shape index (κ2) is 7.47. The number of hydrogen-bond donors (Lipinski definition) is 1. The van der Waals surface area contributed by atoms with Gasteiger partial charge in [-0.3, -0.25) is 9.59 Å². The number of carbonyl (C=O) groups excluding carboxylic acids is 1. The number of rotatable bonds is 5. The predicted octanol–water partition coefficient (Wildman–Crippen LogP) is 1.34. The van der Waals surface area contributed by atoms with Gasteiger partial charge in [-0.05, 0) is 6.07 Å². The number of aromatic nitrogens is 1. The molecule has 10 heteroatoms. The van der Waals surface area contributed by atoms with Gasteiger partial charge in [0.2, 0.25) is 5.88 Å². The minimum Gasteiger partial charge on any atom is -0.481 e. The van der Waals surface area contributed by atoms with E-state index in [4.69, 9.17) is 9.84 Å². The quantitative estimate of drug-likeness (QED) is 0.864. The van der Waals surface area contributed by atoms with Crippen molar-refractivity contribution in [3.8, 4) is 5.88 Å². The molecular weight excluding hydrogens is 333 g/mol. The van der Waals surface area contributed by atoms with Crippen molar-refractivity contribution in [1.82, 2.24) is 9.88 Å². The Bertz CT molecular complexity index is 591. The highest BCUT2D eigenvalue weighted by molar-refractivity contribution is 5.94. The molecule has 1 aliphatic heterocycles. The Balaban J connectivity index is 1.95. The van der Waals surface area contributed by atoms with E-state index in [1.54, 1.807) is 0 Å². The summed E-state index contributed by atoms with van der Waals surface area (Å²) in [6.07, 6.45) is -4.16. The van der Waals surface area contributed by atoms with Crippen LogP contribution in [0.5, 0.6) is 5.88 Å². The average molecular weight is 348 g/mol. The van der Waals surface area contributed by atoms with Crippen LogP contribution in [0.4, 0.5) is 13.2 Å². The molecule has 0 bridgehead atoms. The van der Waals surface area contributed by atoms with Crippen molar-refractivity contribution < 1.29 is 37.3 Å². The number of nitrogens with zero attached hydrogens (tertiary/aromatic N) is 2. The first-order valence-electron chi connectivity index (χ1n) is 7.03. The zero-order valence-corrected chi connectivity index (χ0v) is 12.5. The van der Waals surface area contributed by atoms with Gasteiger partial charge in [0.1, 0.15) is 0 Å². The standard InChI is InChI=1S/C14H15F3N2O5/c15-14(16,17)8-24-11-2-1-9(6-18-11)13(22)19-3-4-23-10(7-19)5-12(20)21/h1-2,6,10H,3-5,7-8H2,(H,20,21).